The first-order chi connectivity index (χ1) is 13.4. The Morgan fingerprint density at radius 2 is 1.75 bits per heavy atom. The standard InChI is InChI=1S/C21H29F2N3O2/c22-17-6-1-5-16(18(17)23)13-25-10-4-9-21(28,19(25)27)15-24-14-20-7-2-11-26(20)12-3-8-20/h1,5-6,24,28H,2-4,7-15H2/t21-/m1/s1. The fourth-order valence-corrected chi connectivity index (χ4v) is 5.27. The van der Waals surface area contributed by atoms with E-state index in [0.29, 0.717) is 19.4 Å². The van der Waals surface area contributed by atoms with E-state index in [2.05, 4.69) is 10.2 Å². The van der Waals surface area contributed by atoms with E-state index in [0.717, 1.165) is 38.5 Å². The normalized spacial score (nSPS) is 27.4. The molecule has 0 saturated carbocycles. The quantitative estimate of drug-likeness (QED) is 0.777. The Kier molecular flexibility index (Phi) is 5.42. The molecule has 0 bridgehead atoms. The maximum absolute atomic E-state index is 14.0. The van der Waals surface area contributed by atoms with Gasteiger partial charge >= 0.3 is 0 Å². The number of carbonyl (C=O) groups excluding carboxylic acids is 1. The van der Waals surface area contributed by atoms with E-state index >= 15 is 0 Å². The van der Waals surface area contributed by atoms with Crippen molar-refractivity contribution in [1.82, 2.24) is 15.1 Å². The molecule has 7 heteroatoms. The van der Waals surface area contributed by atoms with Crippen LogP contribution in [-0.2, 0) is 11.3 Å². The zero-order valence-corrected chi connectivity index (χ0v) is 16.2. The first-order valence-corrected chi connectivity index (χ1v) is 10.3. The minimum Gasteiger partial charge on any atom is -0.379 e. The van der Waals surface area contributed by atoms with E-state index < -0.39 is 23.1 Å². The summed E-state index contributed by atoms with van der Waals surface area (Å²) in [6.07, 6.45) is 5.76. The van der Waals surface area contributed by atoms with Crippen molar-refractivity contribution in [1.29, 1.82) is 0 Å². The molecule has 3 saturated heterocycles. The van der Waals surface area contributed by atoms with E-state index in [-0.39, 0.29) is 24.2 Å². The summed E-state index contributed by atoms with van der Waals surface area (Å²) in [7, 11) is 0. The highest BCUT2D eigenvalue weighted by Crippen LogP contribution is 2.38. The van der Waals surface area contributed by atoms with Gasteiger partial charge < -0.3 is 15.3 Å². The molecule has 1 amide bonds. The van der Waals surface area contributed by atoms with Crippen LogP contribution < -0.4 is 5.32 Å². The minimum atomic E-state index is -1.49. The van der Waals surface area contributed by atoms with Crippen molar-refractivity contribution < 1.29 is 18.7 Å². The number of hydrogen-bond acceptors (Lipinski definition) is 4. The van der Waals surface area contributed by atoms with E-state index in [1.165, 1.54) is 29.9 Å². The Balaban J connectivity index is 1.38. The molecule has 154 valence electrons. The van der Waals surface area contributed by atoms with Gasteiger partial charge in [0.2, 0.25) is 0 Å². The van der Waals surface area contributed by atoms with Gasteiger partial charge in [-0.3, -0.25) is 9.69 Å². The first-order valence-electron chi connectivity index (χ1n) is 10.3. The number of amides is 1. The monoisotopic (exact) mass is 393 g/mol. The van der Waals surface area contributed by atoms with Crippen LogP contribution in [-0.4, -0.2) is 64.7 Å². The third kappa shape index (κ3) is 3.55. The van der Waals surface area contributed by atoms with Crippen molar-refractivity contribution in [2.24, 2.45) is 0 Å². The van der Waals surface area contributed by atoms with Crippen LogP contribution in [0.3, 0.4) is 0 Å². The molecular formula is C21H29F2N3O2. The summed E-state index contributed by atoms with van der Waals surface area (Å²) < 4.78 is 27.4. The molecule has 28 heavy (non-hydrogen) atoms. The number of nitrogens with one attached hydrogen (secondary N) is 1. The lowest BCUT2D eigenvalue weighted by Gasteiger charge is -2.39. The highest BCUT2D eigenvalue weighted by Gasteiger charge is 2.46. The molecule has 5 nitrogen and oxygen atoms in total. The molecule has 3 aliphatic heterocycles. The number of nitrogens with zero attached hydrogens (tertiary/aromatic N) is 2. The van der Waals surface area contributed by atoms with Crippen molar-refractivity contribution in [3.63, 3.8) is 0 Å². The number of likely N-dealkylation sites (tertiary alicyclic amines) is 1. The Bertz CT molecular complexity index is 734. The van der Waals surface area contributed by atoms with Gasteiger partial charge in [0.05, 0.1) is 0 Å². The summed E-state index contributed by atoms with van der Waals surface area (Å²) >= 11 is 0. The van der Waals surface area contributed by atoms with E-state index in [1.807, 2.05) is 0 Å². The van der Waals surface area contributed by atoms with Crippen molar-refractivity contribution in [2.45, 2.75) is 56.2 Å². The fraction of sp³-hybridized carbons (Fsp3) is 0.667. The molecule has 0 aliphatic carbocycles. The van der Waals surface area contributed by atoms with Crippen molar-refractivity contribution in [2.75, 3.05) is 32.7 Å². The summed E-state index contributed by atoms with van der Waals surface area (Å²) in [5, 5.41) is 14.4. The van der Waals surface area contributed by atoms with Crippen LogP contribution in [0, 0.1) is 11.6 Å². The van der Waals surface area contributed by atoms with Gasteiger partial charge in [-0.1, -0.05) is 12.1 Å². The van der Waals surface area contributed by atoms with Crippen LogP contribution in [0.4, 0.5) is 8.78 Å². The lowest BCUT2D eigenvalue weighted by Crippen LogP contribution is -2.59. The molecule has 1 aromatic carbocycles. The topological polar surface area (TPSA) is 55.8 Å². The Morgan fingerprint density at radius 1 is 1.04 bits per heavy atom. The molecule has 0 unspecified atom stereocenters. The smallest absolute Gasteiger partial charge is 0.256 e. The molecule has 3 fully saturated rings. The summed E-state index contributed by atoms with van der Waals surface area (Å²) in [6.45, 7) is 3.66. The average Bonchev–Trinajstić information content (AvgIpc) is 3.23. The first kappa shape index (κ1) is 19.7. The second-order valence-electron chi connectivity index (χ2n) is 8.60. The Labute approximate surface area is 164 Å². The zero-order chi connectivity index (χ0) is 19.8. The molecule has 3 aliphatic rings. The van der Waals surface area contributed by atoms with Crippen LogP contribution in [0.15, 0.2) is 18.2 Å². The highest BCUT2D eigenvalue weighted by atomic mass is 19.2. The van der Waals surface area contributed by atoms with Gasteiger partial charge in [-0.05, 0) is 57.7 Å². The second kappa shape index (κ2) is 7.69. The second-order valence-corrected chi connectivity index (χ2v) is 8.60. The highest BCUT2D eigenvalue weighted by molar-refractivity contribution is 5.86. The molecule has 1 aromatic rings. The van der Waals surface area contributed by atoms with Crippen molar-refractivity contribution >= 4 is 5.91 Å². The number of halogens is 2. The van der Waals surface area contributed by atoms with E-state index in [9.17, 15) is 18.7 Å². The predicted molar refractivity (Wildman–Crippen MR) is 102 cm³/mol. The molecule has 0 aromatic heterocycles. The SMILES string of the molecule is O=C1N(Cc2cccc(F)c2F)CCC[C@@]1(O)CNCC12CCCN1CCC2. The van der Waals surface area contributed by atoms with E-state index in [4.69, 9.17) is 0 Å². The van der Waals surface area contributed by atoms with Gasteiger partial charge in [-0.15, -0.1) is 0 Å². The molecule has 0 spiro atoms. The predicted octanol–water partition coefficient (Wildman–Crippen LogP) is 2.04. The van der Waals surface area contributed by atoms with Crippen LogP contribution in [0.5, 0.6) is 0 Å². The van der Waals surface area contributed by atoms with Crippen molar-refractivity contribution in [3.05, 3.63) is 35.4 Å². The molecule has 1 atom stereocenters. The van der Waals surface area contributed by atoms with Gasteiger partial charge in [0.15, 0.2) is 17.2 Å². The number of rotatable bonds is 6. The Hall–Kier alpha value is -1.57. The van der Waals surface area contributed by atoms with Gasteiger partial charge in [-0.2, -0.15) is 0 Å². The molecule has 2 N–H and O–H groups in total. The lowest BCUT2D eigenvalue weighted by molar-refractivity contribution is -0.157. The zero-order valence-electron chi connectivity index (χ0n) is 16.2. The minimum absolute atomic E-state index is 0.0253. The molecule has 3 heterocycles. The maximum atomic E-state index is 14.0. The van der Waals surface area contributed by atoms with Crippen molar-refractivity contribution in [3.8, 4) is 0 Å². The maximum Gasteiger partial charge on any atom is 0.256 e. The van der Waals surface area contributed by atoms with Gasteiger partial charge in [-0.25, -0.2) is 8.78 Å². The number of piperidine rings is 1. The van der Waals surface area contributed by atoms with Crippen LogP contribution in [0.1, 0.15) is 44.1 Å². The van der Waals surface area contributed by atoms with Crippen LogP contribution >= 0.6 is 0 Å². The number of aliphatic hydroxyl groups is 1. The van der Waals surface area contributed by atoms with Crippen LogP contribution in [0.25, 0.3) is 0 Å². The summed E-state index contributed by atoms with van der Waals surface area (Å²) in [5.41, 5.74) is -1.17. The number of fused-ring (bicyclic) bond motifs is 1. The van der Waals surface area contributed by atoms with Gasteiger partial charge in [0.25, 0.3) is 5.91 Å². The Morgan fingerprint density at radius 3 is 2.50 bits per heavy atom. The summed E-state index contributed by atoms with van der Waals surface area (Å²) in [6, 6.07) is 3.97. The van der Waals surface area contributed by atoms with Crippen LogP contribution in [0.2, 0.25) is 0 Å². The third-order valence-electron chi connectivity index (χ3n) is 6.78. The molecular weight excluding hydrogens is 364 g/mol. The molecule has 0 radical (unpaired) electrons. The number of carbonyl (C=O) groups is 1. The average molecular weight is 393 g/mol. The van der Waals surface area contributed by atoms with Gasteiger partial charge in [0, 0.05) is 37.3 Å². The number of hydrogen-bond donors (Lipinski definition) is 2. The van der Waals surface area contributed by atoms with Gasteiger partial charge in [0.1, 0.15) is 0 Å². The fourth-order valence-electron chi connectivity index (χ4n) is 5.27. The summed E-state index contributed by atoms with van der Waals surface area (Å²) in [5.74, 6) is -2.25. The molecule has 4 rings (SSSR count). The largest absolute Gasteiger partial charge is 0.379 e. The third-order valence-corrected chi connectivity index (χ3v) is 6.78. The number of benzene rings is 1. The lowest BCUT2D eigenvalue weighted by atomic mass is 9.90. The summed E-state index contributed by atoms with van der Waals surface area (Å²) in [4.78, 5) is 16.9. The van der Waals surface area contributed by atoms with E-state index in [1.54, 1.807) is 0 Å².